The molecule has 0 aromatic carbocycles. The van der Waals surface area contributed by atoms with Crippen molar-refractivity contribution in [2.75, 3.05) is 6.54 Å². The molecule has 17 heavy (non-hydrogen) atoms. The van der Waals surface area contributed by atoms with Crippen LogP contribution in [0.4, 0.5) is 0 Å². The van der Waals surface area contributed by atoms with E-state index in [1.807, 2.05) is 11.3 Å². The summed E-state index contributed by atoms with van der Waals surface area (Å²) in [6.07, 6.45) is 5.24. The van der Waals surface area contributed by atoms with Gasteiger partial charge in [-0.2, -0.15) is 0 Å². The van der Waals surface area contributed by atoms with Gasteiger partial charge in [0.2, 0.25) is 0 Å². The summed E-state index contributed by atoms with van der Waals surface area (Å²) in [6, 6.07) is 0.649. The Morgan fingerprint density at radius 2 is 2.35 bits per heavy atom. The van der Waals surface area contributed by atoms with Crippen LogP contribution in [0.25, 0.3) is 0 Å². The van der Waals surface area contributed by atoms with Gasteiger partial charge in [0.15, 0.2) is 0 Å². The molecule has 2 aliphatic heterocycles. The zero-order chi connectivity index (χ0) is 11.8. The minimum absolute atomic E-state index is 0.233. The molecule has 3 atom stereocenters. The number of nitrogens with one attached hydrogen (secondary N) is 1. The van der Waals surface area contributed by atoms with Crippen LogP contribution in [-0.2, 0) is 17.6 Å². The Morgan fingerprint density at radius 1 is 1.47 bits per heavy atom. The second-order valence-corrected chi connectivity index (χ2v) is 6.32. The SMILES string of the molecule is CC1Cc2nc(CC3CCCN3)sc2C(C)O1. The molecule has 3 unspecified atom stereocenters. The van der Waals surface area contributed by atoms with E-state index in [4.69, 9.17) is 9.72 Å². The van der Waals surface area contributed by atoms with Gasteiger partial charge in [-0.1, -0.05) is 0 Å². The molecule has 1 fully saturated rings. The van der Waals surface area contributed by atoms with Gasteiger partial charge in [0.1, 0.15) is 0 Å². The van der Waals surface area contributed by atoms with Crippen molar-refractivity contribution in [2.45, 2.75) is 57.8 Å². The average Bonchev–Trinajstić information content (AvgIpc) is 2.87. The van der Waals surface area contributed by atoms with Gasteiger partial charge >= 0.3 is 0 Å². The highest BCUT2D eigenvalue weighted by Gasteiger charge is 2.27. The van der Waals surface area contributed by atoms with Crippen LogP contribution in [-0.4, -0.2) is 23.7 Å². The molecule has 4 heteroatoms. The van der Waals surface area contributed by atoms with Gasteiger partial charge in [-0.15, -0.1) is 11.3 Å². The van der Waals surface area contributed by atoms with E-state index in [9.17, 15) is 0 Å². The maximum atomic E-state index is 5.85. The molecule has 0 radical (unpaired) electrons. The van der Waals surface area contributed by atoms with Gasteiger partial charge < -0.3 is 10.1 Å². The van der Waals surface area contributed by atoms with E-state index in [2.05, 4.69) is 19.2 Å². The zero-order valence-corrected chi connectivity index (χ0v) is 11.3. The smallest absolute Gasteiger partial charge is 0.0947 e. The fourth-order valence-electron chi connectivity index (χ4n) is 2.84. The lowest BCUT2D eigenvalue weighted by molar-refractivity contribution is -0.00318. The Balaban J connectivity index is 1.76. The van der Waals surface area contributed by atoms with Crippen LogP contribution < -0.4 is 5.32 Å². The molecule has 1 N–H and O–H groups in total. The number of aromatic nitrogens is 1. The minimum Gasteiger partial charge on any atom is -0.370 e. The molecule has 3 rings (SSSR count). The van der Waals surface area contributed by atoms with Crippen LogP contribution in [0.1, 0.15) is 48.4 Å². The molecule has 3 heterocycles. The zero-order valence-electron chi connectivity index (χ0n) is 10.5. The third-order valence-electron chi connectivity index (χ3n) is 3.64. The monoisotopic (exact) mass is 252 g/mol. The summed E-state index contributed by atoms with van der Waals surface area (Å²) in [6.45, 7) is 5.45. The fourth-order valence-corrected chi connectivity index (χ4v) is 4.00. The number of hydrogen-bond donors (Lipinski definition) is 1. The van der Waals surface area contributed by atoms with Gasteiger partial charge in [0.05, 0.1) is 27.8 Å². The van der Waals surface area contributed by atoms with E-state index in [1.54, 1.807) is 0 Å². The molecule has 94 valence electrons. The van der Waals surface area contributed by atoms with Crippen molar-refractivity contribution in [3.8, 4) is 0 Å². The van der Waals surface area contributed by atoms with E-state index >= 15 is 0 Å². The molecule has 1 aromatic rings. The third kappa shape index (κ3) is 2.39. The predicted molar refractivity (Wildman–Crippen MR) is 69.5 cm³/mol. The van der Waals surface area contributed by atoms with Crippen LogP contribution in [0.5, 0.6) is 0 Å². The first-order valence-electron chi connectivity index (χ1n) is 6.59. The Bertz CT molecular complexity index is 398. The maximum absolute atomic E-state index is 5.85. The molecule has 0 aliphatic carbocycles. The predicted octanol–water partition coefficient (Wildman–Crippen LogP) is 2.46. The lowest BCUT2D eigenvalue weighted by Gasteiger charge is -2.23. The summed E-state index contributed by atoms with van der Waals surface area (Å²) in [7, 11) is 0. The largest absolute Gasteiger partial charge is 0.370 e. The first-order valence-corrected chi connectivity index (χ1v) is 7.41. The molecule has 0 saturated carbocycles. The van der Waals surface area contributed by atoms with Crippen LogP contribution in [0.15, 0.2) is 0 Å². The number of nitrogens with zero attached hydrogens (tertiary/aromatic N) is 1. The van der Waals surface area contributed by atoms with Crippen molar-refractivity contribution >= 4 is 11.3 Å². The third-order valence-corrected chi connectivity index (χ3v) is 4.92. The Hall–Kier alpha value is -0.450. The summed E-state index contributed by atoms with van der Waals surface area (Å²) >= 11 is 1.86. The average molecular weight is 252 g/mol. The Kier molecular flexibility index (Phi) is 3.19. The van der Waals surface area contributed by atoms with Gasteiger partial charge in [-0.25, -0.2) is 4.98 Å². The van der Waals surface area contributed by atoms with E-state index in [0.29, 0.717) is 12.1 Å². The van der Waals surface area contributed by atoms with Gasteiger partial charge in [0, 0.05) is 18.9 Å². The van der Waals surface area contributed by atoms with Gasteiger partial charge in [0.25, 0.3) is 0 Å². The second-order valence-electron chi connectivity index (χ2n) is 5.21. The Labute approximate surface area is 107 Å². The van der Waals surface area contributed by atoms with Crippen molar-refractivity contribution in [3.05, 3.63) is 15.6 Å². The summed E-state index contributed by atoms with van der Waals surface area (Å²) in [5, 5.41) is 4.83. The van der Waals surface area contributed by atoms with E-state index in [1.165, 1.54) is 35.0 Å². The van der Waals surface area contributed by atoms with Crippen molar-refractivity contribution in [3.63, 3.8) is 0 Å². The van der Waals surface area contributed by atoms with E-state index in [0.717, 1.165) is 12.8 Å². The highest BCUT2D eigenvalue weighted by atomic mass is 32.1. The molecule has 0 amide bonds. The normalized spacial score (nSPS) is 32.7. The highest BCUT2D eigenvalue weighted by molar-refractivity contribution is 7.11. The molecule has 3 nitrogen and oxygen atoms in total. The summed E-state index contributed by atoms with van der Waals surface area (Å²) in [5.41, 5.74) is 1.29. The van der Waals surface area contributed by atoms with E-state index < -0.39 is 0 Å². The van der Waals surface area contributed by atoms with Crippen LogP contribution in [0, 0.1) is 0 Å². The van der Waals surface area contributed by atoms with Gasteiger partial charge in [-0.3, -0.25) is 0 Å². The standard InChI is InChI=1S/C13H20N2OS/c1-8-6-11-13(9(2)16-8)17-12(15-11)7-10-4-3-5-14-10/h8-10,14H,3-7H2,1-2H3. The van der Waals surface area contributed by atoms with Crippen molar-refractivity contribution in [1.29, 1.82) is 0 Å². The minimum atomic E-state index is 0.233. The highest BCUT2D eigenvalue weighted by Crippen LogP contribution is 2.34. The van der Waals surface area contributed by atoms with Crippen LogP contribution >= 0.6 is 11.3 Å². The second kappa shape index (κ2) is 4.67. The number of fused-ring (bicyclic) bond motifs is 1. The number of rotatable bonds is 2. The molecule has 1 aromatic heterocycles. The first kappa shape index (κ1) is 11.6. The molecular formula is C13H20N2OS. The van der Waals surface area contributed by atoms with Crippen molar-refractivity contribution < 1.29 is 4.74 Å². The molecule has 0 bridgehead atoms. The lowest BCUT2D eigenvalue weighted by atomic mass is 10.1. The number of ether oxygens (including phenoxy) is 1. The summed E-state index contributed by atoms with van der Waals surface area (Å²) < 4.78 is 5.85. The molecular weight excluding hydrogens is 232 g/mol. The quantitative estimate of drug-likeness (QED) is 0.878. The van der Waals surface area contributed by atoms with Crippen LogP contribution in [0.2, 0.25) is 0 Å². The Morgan fingerprint density at radius 3 is 3.12 bits per heavy atom. The number of thiazole rings is 1. The van der Waals surface area contributed by atoms with E-state index in [-0.39, 0.29) is 6.10 Å². The summed E-state index contributed by atoms with van der Waals surface area (Å²) in [4.78, 5) is 6.17. The van der Waals surface area contributed by atoms with Crippen LogP contribution in [0.3, 0.4) is 0 Å². The molecule has 0 spiro atoms. The van der Waals surface area contributed by atoms with Crippen molar-refractivity contribution in [2.24, 2.45) is 0 Å². The van der Waals surface area contributed by atoms with Crippen molar-refractivity contribution in [1.82, 2.24) is 10.3 Å². The topological polar surface area (TPSA) is 34.2 Å². The number of hydrogen-bond acceptors (Lipinski definition) is 4. The van der Waals surface area contributed by atoms with Gasteiger partial charge in [-0.05, 0) is 33.2 Å². The first-order chi connectivity index (χ1) is 8.22. The summed E-state index contributed by atoms with van der Waals surface area (Å²) in [5.74, 6) is 0. The molecule has 2 aliphatic rings. The lowest BCUT2D eigenvalue weighted by Crippen LogP contribution is -2.23. The molecule has 1 saturated heterocycles. The fraction of sp³-hybridized carbons (Fsp3) is 0.769. The maximum Gasteiger partial charge on any atom is 0.0947 e.